The van der Waals surface area contributed by atoms with Crippen molar-refractivity contribution in [3.05, 3.63) is 62.6 Å². The maximum Gasteiger partial charge on any atom is 0.330 e. The molecule has 0 aliphatic carbocycles. The van der Waals surface area contributed by atoms with E-state index in [9.17, 15) is 18.8 Å². The van der Waals surface area contributed by atoms with Gasteiger partial charge in [-0.1, -0.05) is 45.4 Å². The van der Waals surface area contributed by atoms with Crippen molar-refractivity contribution in [2.75, 3.05) is 17.2 Å². The van der Waals surface area contributed by atoms with Crippen molar-refractivity contribution < 1.29 is 9.18 Å². The standard InChI is InChI=1S/C21H27FN4O3/c1-4-5-12-25(17(27)11-10-15-8-6-7-9-16(15)22)18-19(23)26(13-14(2)3)21(29)24-20(18)28/h6-11,14H,4-5,12-13,23H2,1-3H3,(H,24,28,29)/b11-10+. The molecule has 2 aromatic rings. The monoisotopic (exact) mass is 402 g/mol. The van der Waals surface area contributed by atoms with Crippen LogP contribution in [0.4, 0.5) is 15.9 Å². The van der Waals surface area contributed by atoms with Crippen LogP contribution >= 0.6 is 0 Å². The molecular weight excluding hydrogens is 375 g/mol. The summed E-state index contributed by atoms with van der Waals surface area (Å²) in [5.41, 5.74) is 4.98. The summed E-state index contributed by atoms with van der Waals surface area (Å²) in [6, 6.07) is 6.05. The van der Waals surface area contributed by atoms with E-state index in [0.717, 1.165) is 6.42 Å². The van der Waals surface area contributed by atoms with E-state index in [1.807, 2.05) is 20.8 Å². The van der Waals surface area contributed by atoms with Gasteiger partial charge >= 0.3 is 5.69 Å². The molecule has 2 rings (SSSR count). The van der Waals surface area contributed by atoms with Crippen LogP contribution in [0.3, 0.4) is 0 Å². The molecule has 0 aliphatic heterocycles. The smallest absolute Gasteiger partial charge is 0.330 e. The molecule has 0 bridgehead atoms. The Morgan fingerprint density at radius 1 is 1.31 bits per heavy atom. The molecule has 1 aromatic heterocycles. The summed E-state index contributed by atoms with van der Waals surface area (Å²) in [6.07, 6.45) is 3.96. The van der Waals surface area contributed by atoms with Crippen molar-refractivity contribution in [3.8, 4) is 0 Å². The summed E-state index contributed by atoms with van der Waals surface area (Å²) in [4.78, 5) is 41.0. The van der Waals surface area contributed by atoms with E-state index in [1.165, 1.54) is 27.7 Å². The number of halogens is 1. The molecular formula is C21H27FN4O3. The first kappa shape index (κ1) is 22.1. The number of hydrogen-bond donors (Lipinski definition) is 2. The third-order valence-electron chi connectivity index (χ3n) is 4.34. The van der Waals surface area contributed by atoms with Gasteiger partial charge in [0.2, 0.25) is 0 Å². The highest BCUT2D eigenvalue weighted by Gasteiger charge is 2.23. The average molecular weight is 402 g/mol. The molecule has 0 radical (unpaired) electrons. The molecule has 0 aliphatic rings. The Kier molecular flexibility index (Phi) is 7.52. The predicted molar refractivity (Wildman–Crippen MR) is 113 cm³/mol. The highest BCUT2D eigenvalue weighted by atomic mass is 19.1. The largest absolute Gasteiger partial charge is 0.383 e. The number of amides is 1. The SMILES string of the molecule is CCCCN(C(=O)/C=C/c1ccccc1F)c1c(N)n(CC(C)C)c(=O)[nH]c1=O. The van der Waals surface area contributed by atoms with Gasteiger partial charge in [0.25, 0.3) is 11.5 Å². The number of nitrogens with one attached hydrogen (secondary N) is 1. The van der Waals surface area contributed by atoms with Gasteiger partial charge < -0.3 is 10.6 Å². The fourth-order valence-corrected chi connectivity index (χ4v) is 2.89. The Balaban J connectivity index is 2.49. The molecule has 0 unspecified atom stereocenters. The lowest BCUT2D eigenvalue weighted by Crippen LogP contribution is -2.41. The third kappa shape index (κ3) is 5.43. The molecule has 0 fully saturated rings. The molecule has 0 saturated carbocycles. The van der Waals surface area contributed by atoms with Crippen molar-refractivity contribution in [1.82, 2.24) is 9.55 Å². The van der Waals surface area contributed by atoms with E-state index in [1.54, 1.807) is 18.2 Å². The Labute approximate surface area is 168 Å². The molecule has 156 valence electrons. The molecule has 1 aromatic carbocycles. The molecule has 0 spiro atoms. The summed E-state index contributed by atoms with van der Waals surface area (Å²) in [5, 5.41) is 0. The summed E-state index contributed by atoms with van der Waals surface area (Å²) < 4.78 is 15.1. The van der Waals surface area contributed by atoms with E-state index >= 15 is 0 Å². The lowest BCUT2D eigenvalue weighted by Gasteiger charge is -2.23. The average Bonchev–Trinajstić information content (AvgIpc) is 2.66. The molecule has 7 nitrogen and oxygen atoms in total. The molecule has 1 amide bonds. The maximum atomic E-state index is 13.8. The van der Waals surface area contributed by atoms with E-state index in [-0.39, 0.29) is 29.5 Å². The lowest BCUT2D eigenvalue weighted by molar-refractivity contribution is -0.114. The van der Waals surface area contributed by atoms with E-state index in [4.69, 9.17) is 5.73 Å². The lowest BCUT2D eigenvalue weighted by atomic mass is 10.2. The number of rotatable bonds is 8. The van der Waals surface area contributed by atoms with Crippen molar-refractivity contribution >= 4 is 23.5 Å². The normalized spacial score (nSPS) is 11.3. The fourth-order valence-electron chi connectivity index (χ4n) is 2.89. The number of anilines is 2. The van der Waals surface area contributed by atoms with E-state index < -0.39 is 23.0 Å². The second kappa shape index (κ2) is 9.86. The number of nitrogen functional groups attached to an aromatic ring is 1. The van der Waals surface area contributed by atoms with Gasteiger partial charge in [-0.3, -0.25) is 19.1 Å². The van der Waals surface area contributed by atoms with Crippen LogP contribution in [-0.4, -0.2) is 22.0 Å². The maximum absolute atomic E-state index is 13.8. The Morgan fingerprint density at radius 2 is 2.00 bits per heavy atom. The van der Waals surface area contributed by atoms with Crippen LogP contribution in [0, 0.1) is 11.7 Å². The van der Waals surface area contributed by atoms with Crippen LogP contribution in [0.15, 0.2) is 39.9 Å². The van der Waals surface area contributed by atoms with Crippen molar-refractivity contribution in [2.45, 2.75) is 40.2 Å². The highest BCUT2D eigenvalue weighted by molar-refractivity contribution is 6.05. The number of aromatic amines is 1. The minimum Gasteiger partial charge on any atom is -0.383 e. The first-order valence-electron chi connectivity index (χ1n) is 9.63. The van der Waals surface area contributed by atoms with Gasteiger partial charge in [-0.2, -0.15) is 0 Å². The first-order valence-corrected chi connectivity index (χ1v) is 9.63. The summed E-state index contributed by atoms with van der Waals surface area (Å²) in [7, 11) is 0. The number of benzene rings is 1. The van der Waals surface area contributed by atoms with Crippen LogP contribution in [0.2, 0.25) is 0 Å². The van der Waals surface area contributed by atoms with Gasteiger partial charge in [0.15, 0.2) is 5.69 Å². The molecule has 0 saturated heterocycles. The minimum atomic E-state index is -0.726. The minimum absolute atomic E-state index is 0.0591. The fraction of sp³-hybridized carbons (Fsp3) is 0.381. The van der Waals surface area contributed by atoms with Gasteiger partial charge in [0.1, 0.15) is 11.6 Å². The number of nitrogens with two attached hydrogens (primary N) is 1. The van der Waals surface area contributed by atoms with E-state index in [0.29, 0.717) is 13.0 Å². The molecule has 8 heteroatoms. The second-order valence-electron chi connectivity index (χ2n) is 7.20. The van der Waals surface area contributed by atoms with Crippen LogP contribution < -0.4 is 21.9 Å². The van der Waals surface area contributed by atoms with Gasteiger partial charge in [-0.15, -0.1) is 0 Å². The summed E-state index contributed by atoms with van der Waals surface area (Å²) >= 11 is 0. The Morgan fingerprint density at radius 3 is 2.62 bits per heavy atom. The quantitative estimate of drug-likeness (QED) is 0.663. The van der Waals surface area contributed by atoms with Crippen LogP contribution in [0.25, 0.3) is 6.08 Å². The van der Waals surface area contributed by atoms with Crippen molar-refractivity contribution in [3.63, 3.8) is 0 Å². The Hall–Kier alpha value is -3.16. The predicted octanol–water partition coefficient (Wildman–Crippen LogP) is 2.76. The summed E-state index contributed by atoms with van der Waals surface area (Å²) in [5.74, 6) is -0.932. The zero-order chi connectivity index (χ0) is 21.6. The van der Waals surface area contributed by atoms with Crippen molar-refractivity contribution in [2.24, 2.45) is 5.92 Å². The van der Waals surface area contributed by atoms with Gasteiger partial charge in [-0.25, -0.2) is 9.18 Å². The zero-order valence-corrected chi connectivity index (χ0v) is 16.9. The number of H-pyrrole nitrogens is 1. The molecule has 29 heavy (non-hydrogen) atoms. The van der Waals surface area contributed by atoms with Gasteiger partial charge in [0, 0.05) is 24.7 Å². The van der Waals surface area contributed by atoms with Crippen LogP contribution in [0.1, 0.15) is 39.2 Å². The van der Waals surface area contributed by atoms with Crippen LogP contribution in [0.5, 0.6) is 0 Å². The second-order valence-corrected chi connectivity index (χ2v) is 7.20. The number of carbonyl (C=O) groups is 1. The molecule has 3 N–H and O–H groups in total. The molecule has 1 heterocycles. The number of aromatic nitrogens is 2. The van der Waals surface area contributed by atoms with Gasteiger partial charge in [-0.05, 0) is 24.5 Å². The van der Waals surface area contributed by atoms with Gasteiger partial charge in [0.05, 0.1) is 0 Å². The zero-order valence-electron chi connectivity index (χ0n) is 16.9. The third-order valence-corrected chi connectivity index (χ3v) is 4.34. The highest BCUT2D eigenvalue weighted by Crippen LogP contribution is 2.19. The summed E-state index contributed by atoms with van der Waals surface area (Å²) in [6.45, 7) is 6.31. The number of unbranched alkanes of at least 4 members (excludes halogenated alkanes) is 1. The molecule has 0 atom stereocenters. The topological polar surface area (TPSA) is 101 Å². The van der Waals surface area contributed by atoms with Crippen LogP contribution in [-0.2, 0) is 11.3 Å². The van der Waals surface area contributed by atoms with E-state index in [2.05, 4.69) is 4.98 Å². The van der Waals surface area contributed by atoms with Crippen molar-refractivity contribution in [1.29, 1.82) is 0 Å². The first-order chi connectivity index (χ1) is 13.8. The Bertz CT molecular complexity index is 1010. The number of hydrogen-bond acceptors (Lipinski definition) is 4. The number of carbonyl (C=O) groups excluding carboxylic acids is 1. The number of nitrogens with zero attached hydrogens (tertiary/aromatic N) is 2.